The van der Waals surface area contributed by atoms with Gasteiger partial charge in [0, 0.05) is 5.57 Å². The molecule has 1 heteroatoms. The third-order valence-corrected chi connectivity index (χ3v) is 1.97. The van der Waals surface area contributed by atoms with Crippen LogP contribution in [0.2, 0.25) is 0 Å². The fourth-order valence-electron chi connectivity index (χ4n) is 1.40. The molecule has 0 fully saturated rings. The van der Waals surface area contributed by atoms with Crippen molar-refractivity contribution in [2.75, 3.05) is 7.11 Å². The number of rotatable bonds is 1. The maximum Gasteiger partial charge on any atom is 0.126 e. The Morgan fingerprint density at radius 1 is 1.27 bits per heavy atom. The summed E-state index contributed by atoms with van der Waals surface area (Å²) in [6.45, 7) is 0. The second kappa shape index (κ2) is 2.42. The van der Waals surface area contributed by atoms with Crippen LogP contribution >= 0.6 is 0 Å². The molecule has 0 bridgehead atoms. The van der Waals surface area contributed by atoms with Crippen molar-refractivity contribution in [3.05, 3.63) is 47.3 Å². The predicted octanol–water partition coefficient (Wildman–Crippen LogP) is 2.34. The number of ether oxygens (including phenoxy) is 1. The lowest BCUT2D eigenvalue weighted by atomic mass is 10.0. The Morgan fingerprint density at radius 2 is 2.18 bits per heavy atom. The standard InChI is InChI=1S/C10H10O/c1-11-10-7-6-8-4-2-3-5-9(8)10/h3-7H,2H2,1H3. The lowest BCUT2D eigenvalue weighted by Gasteiger charge is -2.05. The van der Waals surface area contributed by atoms with Gasteiger partial charge in [-0.25, -0.2) is 0 Å². The van der Waals surface area contributed by atoms with Crippen LogP contribution in [0.25, 0.3) is 0 Å². The summed E-state index contributed by atoms with van der Waals surface area (Å²) >= 11 is 0. The summed E-state index contributed by atoms with van der Waals surface area (Å²) in [4.78, 5) is 0. The lowest BCUT2D eigenvalue weighted by molar-refractivity contribution is 0.306. The molecule has 0 saturated carbocycles. The van der Waals surface area contributed by atoms with Crippen LogP contribution in [0.3, 0.4) is 0 Å². The lowest BCUT2D eigenvalue weighted by Crippen LogP contribution is -1.89. The molecular weight excluding hydrogens is 136 g/mol. The van der Waals surface area contributed by atoms with Crippen LogP contribution in [0.4, 0.5) is 0 Å². The summed E-state index contributed by atoms with van der Waals surface area (Å²) in [5.74, 6) is 0.979. The Bertz CT molecular complexity index is 290. The molecule has 11 heavy (non-hydrogen) atoms. The van der Waals surface area contributed by atoms with Gasteiger partial charge in [-0.3, -0.25) is 0 Å². The van der Waals surface area contributed by atoms with Gasteiger partial charge in [0.05, 0.1) is 7.11 Å². The van der Waals surface area contributed by atoms with Crippen LogP contribution in [0.5, 0.6) is 0 Å². The summed E-state index contributed by atoms with van der Waals surface area (Å²) in [5.41, 5.74) is 2.52. The molecule has 0 aromatic rings. The van der Waals surface area contributed by atoms with Crippen LogP contribution in [-0.4, -0.2) is 7.11 Å². The maximum atomic E-state index is 5.18. The highest BCUT2D eigenvalue weighted by Gasteiger charge is 2.13. The van der Waals surface area contributed by atoms with Crippen molar-refractivity contribution in [1.29, 1.82) is 0 Å². The quantitative estimate of drug-likeness (QED) is 0.551. The molecule has 2 aliphatic rings. The average molecular weight is 146 g/mol. The molecule has 2 rings (SSSR count). The number of allylic oxidation sites excluding steroid dienone is 7. The number of fused-ring (bicyclic) bond motifs is 1. The van der Waals surface area contributed by atoms with E-state index >= 15 is 0 Å². The third kappa shape index (κ3) is 0.929. The molecule has 0 unspecified atom stereocenters. The fourth-order valence-corrected chi connectivity index (χ4v) is 1.40. The maximum absolute atomic E-state index is 5.18. The van der Waals surface area contributed by atoms with E-state index in [0.29, 0.717) is 0 Å². The Morgan fingerprint density at radius 3 is 3.00 bits per heavy atom. The van der Waals surface area contributed by atoms with Gasteiger partial charge in [-0.05, 0) is 18.1 Å². The molecule has 0 amide bonds. The highest BCUT2D eigenvalue weighted by Crippen LogP contribution is 2.29. The summed E-state index contributed by atoms with van der Waals surface area (Å²) in [5, 5.41) is 0. The summed E-state index contributed by atoms with van der Waals surface area (Å²) in [7, 11) is 1.71. The molecule has 2 aliphatic carbocycles. The minimum atomic E-state index is 0.979. The van der Waals surface area contributed by atoms with E-state index in [0.717, 1.165) is 12.2 Å². The Labute approximate surface area is 66.4 Å². The molecule has 0 radical (unpaired) electrons. The Kier molecular flexibility index (Phi) is 1.42. The van der Waals surface area contributed by atoms with E-state index in [4.69, 9.17) is 4.74 Å². The van der Waals surface area contributed by atoms with E-state index in [1.807, 2.05) is 6.08 Å². The van der Waals surface area contributed by atoms with Crippen molar-refractivity contribution in [2.24, 2.45) is 0 Å². The smallest absolute Gasteiger partial charge is 0.126 e. The van der Waals surface area contributed by atoms with Crippen LogP contribution < -0.4 is 0 Å². The van der Waals surface area contributed by atoms with Gasteiger partial charge in [0.2, 0.25) is 0 Å². The fraction of sp³-hybridized carbons (Fsp3) is 0.200. The van der Waals surface area contributed by atoms with E-state index in [1.54, 1.807) is 7.11 Å². The first-order chi connectivity index (χ1) is 5.42. The van der Waals surface area contributed by atoms with Crippen molar-refractivity contribution in [3.63, 3.8) is 0 Å². The van der Waals surface area contributed by atoms with Gasteiger partial charge in [0.15, 0.2) is 0 Å². The SMILES string of the molecule is COC1=C2C=CCC=C2C=C1. The van der Waals surface area contributed by atoms with Gasteiger partial charge < -0.3 is 4.74 Å². The van der Waals surface area contributed by atoms with Crippen molar-refractivity contribution < 1.29 is 4.74 Å². The normalized spacial score (nSPS) is 20.3. The molecule has 0 N–H and O–H groups in total. The van der Waals surface area contributed by atoms with Crippen LogP contribution in [-0.2, 0) is 4.74 Å². The summed E-state index contributed by atoms with van der Waals surface area (Å²) < 4.78 is 5.18. The van der Waals surface area contributed by atoms with E-state index in [9.17, 15) is 0 Å². The van der Waals surface area contributed by atoms with E-state index in [-0.39, 0.29) is 0 Å². The second-order valence-electron chi connectivity index (χ2n) is 2.61. The molecule has 0 aromatic carbocycles. The van der Waals surface area contributed by atoms with Crippen LogP contribution in [0.15, 0.2) is 47.3 Å². The Hall–Kier alpha value is -1.24. The minimum absolute atomic E-state index is 0.979. The van der Waals surface area contributed by atoms with E-state index in [2.05, 4.69) is 24.3 Å². The summed E-state index contributed by atoms with van der Waals surface area (Å²) in [6.07, 6.45) is 11.6. The van der Waals surface area contributed by atoms with Gasteiger partial charge in [0.1, 0.15) is 5.76 Å². The van der Waals surface area contributed by atoms with Gasteiger partial charge in [0.25, 0.3) is 0 Å². The van der Waals surface area contributed by atoms with Gasteiger partial charge >= 0.3 is 0 Å². The zero-order valence-electron chi connectivity index (χ0n) is 6.50. The van der Waals surface area contributed by atoms with Gasteiger partial charge in [-0.15, -0.1) is 0 Å². The molecule has 0 saturated heterocycles. The largest absolute Gasteiger partial charge is 0.496 e. The van der Waals surface area contributed by atoms with Crippen LogP contribution in [0, 0.1) is 0 Å². The molecule has 0 heterocycles. The minimum Gasteiger partial charge on any atom is -0.496 e. The first kappa shape index (κ1) is 6.47. The monoisotopic (exact) mass is 146 g/mol. The molecule has 0 aliphatic heterocycles. The van der Waals surface area contributed by atoms with Gasteiger partial charge in [-0.1, -0.05) is 24.3 Å². The molecule has 0 spiro atoms. The molecule has 1 nitrogen and oxygen atoms in total. The second-order valence-corrected chi connectivity index (χ2v) is 2.61. The Balaban J connectivity index is 2.44. The number of methoxy groups -OCH3 is 1. The first-order valence-electron chi connectivity index (χ1n) is 3.75. The third-order valence-electron chi connectivity index (χ3n) is 1.97. The average Bonchev–Trinajstić information content (AvgIpc) is 2.47. The zero-order chi connectivity index (χ0) is 7.68. The van der Waals surface area contributed by atoms with Crippen molar-refractivity contribution in [1.82, 2.24) is 0 Å². The van der Waals surface area contributed by atoms with Crippen molar-refractivity contribution in [3.8, 4) is 0 Å². The predicted molar refractivity (Wildman–Crippen MR) is 45.0 cm³/mol. The van der Waals surface area contributed by atoms with E-state index < -0.39 is 0 Å². The van der Waals surface area contributed by atoms with Crippen molar-refractivity contribution >= 4 is 0 Å². The zero-order valence-corrected chi connectivity index (χ0v) is 6.50. The van der Waals surface area contributed by atoms with E-state index in [1.165, 1.54) is 11.1 Å². The number of hydrogen-bond acceptors (Lipinski definition) is 1. The van der Waals surface area contributed by atoms with Crippen molar-refractivity contribution in [2.45, 2.75) is 6.42 Å². The topological polar surface area (TPSA) is 9.23 Å². The first-order valence-corrected chi connectivity index (χ1v) is 3.75. The highest BCUT2D eigenvalue weighted by molar-refractivity contribution is 5.58. The molecule has 0 aromatic heterocycles. The molecule has 56 valence electrons. The molecular formula is C10H10O. The molecule has 0 atom stereocenters. The van der Waals surface area contributed by atoms with Crippen LogP contribution in [0.1, 0.15) is 6.42 Å². The van der Waals surface area contributed by atoms with Gasteiger partial charge in [-0.2, -0.15) is 0 Å². The highest BCUT2D eigenvalue weighted by atomic mass is 16.5. The summed E-state index contributed by atoms with van der Waals surface area (Å²) in [6, 6.07) is 0. The number of hydrogen-bond donors (Lipinski definition) is 0.